The van der Waals surface area contributed by atoms with Crippen LogP contribution in [0.15, 0.2) is 48.5 Å². The highest BCUT2D eigenvalue weighted by Gasteiger charge is 2.26. The number of nitrogens with one attached hydrogen (secondary N) is 1. The molecule has 0 aliphatic heterocycles. The van der Waals surface area contributed by atoms with Crippen LogP contribution in [0.25, 0.3) is 0 Å². The maximum Gasteiger partial charge on any atom is 0.242 e. The molecule has 0 aliphatic rings. The van der Waals surface area contributed by atoms with E-state index < -0.39 is 6.04 Å². The molecule has 1 N–H and O–H groups in total. The molecule has 0 bridgehead atoms. The van der Waals surface area contributed by atoms with Gasteiger partial charge in [-0.25, -0.2) is 0 Å². The van der Waals surface area contributed by atoms with Crippen molar-refractivity contribution in [1.82, 2.24) is 10.2 Å². The standard InChI is InChI=1S/C26H36N2O2/c1-6-22-10-12-23(13-11-22)14-15-25(29)28(18-24-9-7-8-20(4)16-24)21(5)26(30)27-17-19(2)3/h7-13,16,19,21H,6,14-15,17-18H2,1-5H3,(H,27,30)/t21-/m1/s1. The first-order valence-electron chi connectivity index (χ1n) is 11.0. The van der Waals surface area contributed by atoms with Crippen LogP contribution in [0.3, 0.4) is 0 Å². The van der Waals surface area contributed by atoms with E-state index in [4.69, 9.17) is 0 Å². The van der Waals surface area contributed by atoms with Crippen molar-refractivity contribution in [2.75, 3.05) is 6.54 Å². The van der Waals surface area contributed by atoms with Gasteiger partial charge in [-0.1, -0.05) is 74.9 Å². The van der Waals surface area contributed by atoms with E-state index in [-0.39, 0.29) is 11.8 Å². The summed E-state index contributed by atoms with van der Waals surface area (Å²) < 4.78 is 0. The molecule has 2 amide bonds. The third-order valence-electron chi connectivity index (χ3n) is 5.35. The lowest BCUT2D eigenvalue weighted by Gasteiger charge is -2.29. The number of aryl methyl sites for hydroxylation is 3. The molecule has 2 aromatic carbocycles. The minimum Gasteiger partial charge on any atom is -0.354 e. The fourth-order valence-electron chi connectivity index (χ4n) is 3.38. The number of carbonyl (C=O) groups excluding carboxylic acids is 2. The topological polar surface area (TPSA) is 49.4 Å². The summed E-state index contributed by atoms with van der Waals surface area (Å²) >= 11 is 0. The Hall–Kier alpha value is -2.62. The molecular formula is C26H36N2O2. The molecule has 4 nitrogen and oxygen atoms in total. The second kappa shape index (κ2) is 11.5. The van der Waals surface area contributed by atoms with Crippen molar-refractivity contribution < 1.29 is 9.59 Å². The SMILES string of the molecule is CCc1ccc(CCC(=O)N(Cc2cccc(C)c2)[C@H](C)C(=O)NCC(C)C)cc1. The smallest absolute Gasteiger partial charge is 0.242 e. The van der Waals surface area contributed by atoms with Crippen molar-refractivity contribution in [1.29, 1.82) is 0 Å². The number of hydrogen-bond donors (Lipinski definition) is 1. The highest BCUT2D eigenvalue weighted by atomic mass is 16.2. The molecular weight excluding hydrogens is 372 g/mol. The summed E-state index contributed by atoms with van der Waals surface area (Å²) in [7, 11) is 0. The van der Waals surface area contributed by atoms with Crippen molar-refractivity contribution in [3.05, 3.63) is 70.8 Å². The van der Waals surface area contributed by atoms with Gasteiger partial charge in [0.25, 0.3) is 0 Å². The zero-order valence-electron chi connectivity index (χ0n) is 19.1. The molecule has 162 valence electrons. The van der Waals surface area contributed by atoms with Crippen LogP contribution in [0.5, 0.6) is 0 Å². The van der Waals surface area contributed by atoms with Crippen molar-refractivity contribution in [2.45, 2.75) is 66.5 Å². The molecule has 0 fully saturated rings. The van der Waals surface area contributed by atoms with Gasteiger partial charge in [0.1, 0.15) is 6.04 Å². The number of hydrogen-bond acceptors (Lipinski definition) is 2. The van der Waals surface area contributed by atoms with Gasteiger partial charge in [0.2, 0.25) is 11.8 Å². The minimum atomic E-state index is -0.515. The molecule has 0 spiro atoms. The van der Waals surface area contributed by atoms with E-state index in [1.807, 2.05) is 32.0 Å². The van der Waals surface area contributed by atoms with Crippen LogP contribution < -0.4 is 5.32 Å². The second-order valence-electron chi connectivity index (χ2n) is 8.50. The number of benzene rings is 2. The van der Waals surface area contributed by atoms with Crippen LogP contribution in [0.1, 0.15) is 56.4 Å². The fourth-order valence-corrected chi connectivity index (χ4v) is 3.38. The fraction of sp³-hybridized carbons (Fsp3) is 0.462. The van der Waals surface area contributed by atoms with Gasteiger partial charge in [0.15, 0.2) is 0 Å². The van der Waals surface area contributed by atoms with Gasteiger partial charge >= 0.3 is 0 Å². The molecule has 4 heteroatoms. The third-order valence-corrected chi connectivity index (χ3v) is 5.35. The monoisotopic (exact) mass is 408 g/mol. The van der Waals surface area contributed by atoms with Crippen molar-refractivity contribution in [3.8, 4) is 0 Å². The van der Waals surface area contributed by atoms with Gasteiger partial charge in [-0.2, -0.15) is 0 Å². The van der Waals surface area contributed by atoms with E-state index in [1.54, 1.807) is 4.90 Å². The van der Waals surface area contributed by atoms with Gasteiger partial charge in [-0.05, 0) is 49.3 Å². The van der Waals surface area contributed by atoms with E-state index >= 15 is 0 Å². The number of nitrogens with zero attached hydrogens (tertiary/aromatic N) is 1. The predicted molar refractivity (Wildman–Crippen MR) is 123 cm³/mol. The molecule has 2 rings (SSSR count). The molecule has 0 saturated carbocycles. The average molecular weight is 409 g/mol. The molecule has 0 heterocycles. The Kier molecular flexibility index (Phi) is 9.10. The van der Waals surface area contributed by atoms with Crippen molar-refractivity contribution in [3.63, 3.8) is 0 Å². The van der Waals surface area contributed by atoms with Gasteiger partial charge in [-0.15, -0.1) is 0 Å². The molecule has 0 radical (unpaired) electrons. The Bertz CT molecular complexity index is 827. The largest absolute Gasteiger partial charge is 0.354 e. The molecule has 0 unspecified atom stereocenters. The lowest BCUT2D eigenvalue weighted by Crippen LogP contribution is -2.48. The molecule has 0 saturated heterocycles. The summed E-state index contributed by atoms with van der Waals surface area (Å²) in [5, 5.41) is 2.97. The van der Waals surface area contributed by atoms with Crippen molar-refractivity contribution in [2.24, 2.45) is 5.92 Å². The van der Waals surface area contributed by atoms with Gasteiger partial charge < -0.3 is 10.2 Å². The minimum absolute atomic E-state index is 0.00303. The summed E-state index contributed by atoms with van der Waals surface area (Å²) in [6.07, 6.45) is 2.07. The maximum atomic E-state index is 13.2. The zero-order valence-corrected chi connectivity index (χ0v) is 19.1. The van der Waals surface area contributed by atoms with Crippen LogP contribution in [-0.2, 0) is 29.0 Å². The Labute approximate surface area is 181 Å². The van der Waals surface area contributed by atoms with Crippen LogP contribution >= 0.6 is 0 Å². The van der Waals surface area contributed by atoms with Gasteiger partial charge in [0.05, 0.1) is 0 Å². The highest BCUT2D eigenvalue weighted by molar-refractivity contribution is 5.87. The zero-order chi connectivity index (χ0) is 22.1. The third kappa shape index (κ3) is 7.33. The summed E-state index contributed by atoms with van der Waals surface area (Å²) in [6.45, 7) is 11.2. The average Bonchev–Trinajstić information content (AvgIpc) is 2.74. The Morgan fingerprint density at radius 1 is 0.967 bits per heavy atom. The molecule has 0 aliphatic carbocycles. The number of carbonyl (C=O) groups is 2. The Morgan fingerprint density at radius 3 is 2.23 bits per heavy atom. The molecule has 0 aromatic heterocycles. The highest BCUT2D eigenvalue weighted by Crippen LogP contribution is 2.15. The van der Waals surface area contributed by atoms with E-state index in [1.165, 1.54) is 5.56 Å². The van der Waals surface area contributed by atoms with E-state index in [0.29, 0.717) is 31.8 Å². The van der Waals surface area contributed by atoms with E-state index in [2.05, 4.69) is 56.4 Å². The van der Waals surface area contributed by atoms with Crippen LogP contribution in [0.4, 0.5) is 0 Å². The number of amides is 2. The van der Waals surface area contributed by atoms with Crippen LogP contribution in [0.2, 0.25) is 0 Å². The summed E-state index contributed by atoms with van der Waals surface area (Å²) in [4.78, 5) is 27.6. The normalized spacial score (nSPS) is 11.9. The first-order valence-corrected chi connectivity index (χ1v) is 11.0. The van der Waals surface area contributed by atoms with Gasteiger partial charge in [0, 0.05) is 19.5 Å². The first kappa shape index (κ1) is 23.7. The lowest BCUT2D eigenvalue weighted by atomic mass is 10.0. The molecule has 30 heavy (non-hydrogen) atoms. The van der Waals surface area contributed by atoms with Crippen molar-refractivity contribution >= 4 is 11.8 Å². The van der Waals surface area contributed by atoms with Gasteiger partial charge in [-0.3, -0.25) is 9.59 Å². The van der Waals surface area contributed by atoms with E-state index in [9.17, 15) is 9.59 Å². The Morgan fingerprint density at radius 2 is 1.63 bits per heavy atom. The lowest BCUT2D eigenvalue weighted by molar-refractivity contribution is -0.140. The molecule has 2 aromatic rings. The summed E-state index contributed by atoms with van der Waals surface area (Å²) in [5.74, 6) is 0.272. The maximum absolute atomic E-state index is 13.2. The molecule has 1 atom stereocenters. The predicted octanol–water partition coefficient (Wildman–Crippen LogP) is 4.68. The first-order chi connectivity index (χ1) is 14.3. The summed E-state index contributed by atoms with van der Waals surface area (Å²) in [6, 6.07) is 16.0. The Balaban J connectivity index is 2.11. The summed E-state index contributed by atoms with van der Waals surface area (Å²) in [5.41, 5.74) is 4.63. The quantitative estimate of drug-likeness (QED) is 0.620. The second-order valence-corrected chi connectivity index (χ2v) is 8.50. The van der Waals surface area contributed by atoms with Crippen LogP contribution in [-0.4, -0.2) is 29.3 Å². The number of rotatable bonds is 10. The van der Waals surface area contributed by atoms with E-state index in [0.717, 1.165) is 23.1 Å². The van der Waals surface area contributed by atoms with Crippen LogP contribution in [0, 0.1) is 12.8 Å².